The van der Waals surface area contributed by atoms with Gasteiger partial charge in [0.15, 0.2) is 5.82 Å². The number of nitrogens with zero attached hydrogens (tertiary/aromatic N) is 2. The van der Waals surface area contributed by atoms with Crippen molar-refractivity contribution in [2.75, 3.05) is 25.5 Å². The van der Waals surface area contributed by atoms with Gasteiger partial charge in [0.25, 0.3) is 5.56 Å². The van der Waals surface area contributed by atoms with Crippen LogP contribution in [0.2, 0.25) is 0 Å². The summed E-state index contributed by atoms with van der Waals surface area (Å²) in [4.78, 5) is 15.6. The van der Waals surface area contributed by atoms with E-state index in [1.165, 1.54) is 0 Å². The summed E-state index contributed by atoms with van der Waals surface area (Å²) in [5.41, 5.74) is -0.0638. The molecule has 0 atom stereocenters. The Morgan fingerprint density at radius 1 is 1.50 bits per heavy atom. The summed E-state index contributed by atoms with van der Waals surface area (Å²) in [5, 5.41) is 5.97. The van der Waals surface area contributed by atoms with Crippen LogP contribution < -0.4 is 16.2 Å². The highest BCUT2D eigenvalue weighted by Crippen LogP contribution is 1.91. The first-order valence-corrected chi connectivity index (χ1v) is 4.73. The number of nitrogens with one attached hydrogen (secondary N) is 2. The average Bonchev–Trinajstić information content (AvgIpc) is 2.21. The molecule has 2 N–H and O–H groups in total. The molecule has 0 amide bonds. The Kier molecular flexibility index (Phi) is 4.12. The second-order valence-corrected chi connectivity index (χ2v) is 2.90. The number of aryl methyl sites for hydroxylation is 1. The number of anilines is 1. The zero-order chi connectivity index (χ0) is 10.4. The minimum absolute atomic E-state index is 0.0638. The van der Waals surface area contributed by atoms with Crippen LogP contribution in [0.4, 0.5) is 5.82 Å². The molecule has 0 saturated heterocycles. The third-order valence-electron chi connectivity index (χ3n) is 1.92. The largest absolute Gasteiger partial charge is 0.364 e. The Morgan fingerprint density at radius 2 is 2.29 bits per heavy atom. The normalized spacial score (nSPS) is 10.1. The van der Waals surface area contributed by atoms with Gasteiger partial charge in [-0.3, -0.25) is 4.79 Å². The van der Waals surface area contributed by atoms with Crippen LogP contribution in [0, 0.1) is 0 Å². The molecule has 0 bridgehead atoms. The maximum absolute atomic E-state index is 11.6. The lowest BCUT2D eigenvalue weighted by Gasteiger charge is -2.06. The lowest BCUT2D eigenvalue weighted by atomic mass is 10.5. The Morgan fingerprint density at radius 3 is 2.93 bits per heavy atom. The highest BCUT2D eigenvalue weighted by Gasteiger charge is 2.01. The molecule has 0 unspecified atom stereocenters. The molecule has 0 radical (unpaired) electrons. The molecule has 1 heterocycles. The van der Waals surface area contributed by atoms with Gasteiger partial charge in [-0.05, 0) is 14.0 Å². The van der Waals surface area contributed by atoms with Gasteiger partial charge >= 0.3 is 0 Å². The number of likely N-dealkylation sites (N-methyl/N-ethyl adjacent to an activating group) is 1. The third kappa shape index (κ3) is 2.56. The number of hydrogen-bond donors (Lipinski definition) is 2. The highest BCUT2D eigenvalue weighted by atomic mass is 16.1. The summed E-state index contributed by atoms with van der Waals surface area (Å²) < 4.78 is 1.62. The first kappa shape index (κ1) is 10.7. The van der Waals surface area contributed by atoms with E-state index in [4.69, 9.17) is 0 Å². The Bertz CT molecular complexity index is 334. The topological polar surface area (TPSA) is 59.0 Å². The van der Waals surface area contributed by atoms with Gasteiger partial charge in [-0.15, -0.1) is 0 Å². The van der Waals surface area contributed by atoms with Crippen LogP contribution >= 0.6 is 0 Å². The average molecular weight is 196 g/mol. The quantitative estimate of drug-likeness (QED) is 0.645. The highest BCUT2D eigenvalue weighted by molar-refractivity contribution is 5.30. The summed E-state index contributed by atoms with van der Waals surface area (Å²) in [6.07, 6.45) is 3.32. The fraction of sp³-hybridized carbons (Fsp3) is 0.556. The predicted molar refractivity (Wildman–Crippen MR) is 56.6 cm³/mol. The molecule has 14 heavy (non-hydrogen) atoms. The molecule has 0 saturated carbocycles. The van der Waals surface area contributed by atoms with Crippen LogP contribution in [0.25, 0.3) is 0 Å². The summed E-state index contributed by atoms with van der Waals surface area (Å²) >= 11 is 0. The maximum atomic E-state index is 11.6. The van der Waals surface area contributed by atoms with Crippen molar-refractivity contribution in [3.05, 3.63) is 22.7 Å². The molecule has 0 spiro atoms. The van der Waals surface area contributed by atoms with Crippen molar-refractivity contribution in [3.8, 4) is 0 Å². The molecule has 1 aromatic heterocycles. The molecule has 5 heteroatoms. The Hall–Kier alpha value is -1.36. The van der Waals surface area contributed by atoms with Crippen LogP contribution in [-0.2, 0) is 6.54 Å². The Balaban J connectivity index is 2.72. The SMILES string of the molecule is CCn1ccnc(NCCNC)c1=O. The lowest BCUT2D eigenvalue weighted by molar-refractivity contribution is 0.717. The van der Waals surface area contributed by atoms with Crippen LogP contribution in [0.3, 0.4) is 0 Å². The van der Waals surface area contributed by atoms with Crippen molar-refractivity contribution >= 4 is 5.82 Å². The molecule has 0 fully saturated rings. The predicted octanol–water partition coefficient (Wildman–Crippen LogP) is -0.106. The molecular formula is C9H16N4O. The van der Waals surface area contributed by atoms with Gasteiger partial charge in [0.2, 0.25) is 0 Å². The maximum Gasteiger partial charge on any atom is 0.293 e. The second kappa shape index (κ2) is 5.39. The van der Waals surface area contributed by atoms with E-state index < -0.39 is 0 Å². The van der Waals surface area contributed by atoms with Crippen molar-refractivity contribution in [2.24, 2.45) is 0 Å². The number of rotatable bonds is 5. The van der Waals surface area contributed by atoms with Gasteiger partial charge in [0.1, 0.15) is 0 Å². The van der Waals surface area contributed by atoms with Crippen molar-refractivity contribution in [1.29, 1.82) is 0 Å². The fourth-order valence-electron chi connectivity index (χ4n) is 1.12. The molecule has 78 valence electrons. The molecular weight excluding hydrogens is 180 g/mol. The summed E-state index contributed by atoms with van der Waals surface area (Å²) in [7, 11) is 1.87. The standard InChI is InChI=1S/C9H16N4O/c1-3-13-7-6-12-8(9(13)14)11-5-4-10-2/h6-7,10H,3-5H2,1-2H3,(H,11,12). The van der Waals surface area contributed by atoms with E-state index in [-0.39, 0.29) is 5.56 Å². The first-order valence-electron chi connectivity index (χ1n) is 4.73. The second-order valence-electron chi connectivity index (χ2n) is 2.90. The van der Waals surface area contributed by atoms with Gasteiger partial charge in [-0.25, -0.2) is 4.98 Å². The van der Waals surface area contributed by atoms with Crippen LogP contribution in [0.15, 0.2) is 17.2 Å². The van der Waals surface area contributed by atoms with Crippen molar-refractivity contribution < 1.29 is 0 Å². The van der Waals surface area contributed by atoms with Crippen molar-refractivity contribution in [1.82, 2.24) is 14.9 Å². The molecule has 0 aliphatic rings. The molecule has 5 nitrogen and oxygen atoms in total. The van der Waals surface area contributed by atoms with Crippen LogP contribution in [0.1, 0.15) is 6.92 Å². The molecule has 0 aromatic carbocycles. The summed E-state index contributed by atoms with van der Waals surface area (Å²) in [6, 6.07) is 0. The first-order chi connectivity index (χ1) is 6.79. The van der Waals surface area contributed by atoms with E-state index in [0.717, 1.165) is 6.54 Å². The van der Waals surface area contributed by atoms with E-state index in [9.17, 15) is 4.79 Å². The number of hydrogen-bond acceptors (Lipinski definition) is 4. The fourth-order valence-corrected chi connectivity index (χ4v) is 1.12. The lowest BCUT2D eigenvalue weighted by Crippen LogP contribution is -2.26. The zero-order valence-corrected chi connectivity index (χ0v) is 8.58. The minimum atomic E-state index is -0.0638. The molecule has 0 aliphatic carbocycles. The summed E-state index contributed by atoms with van der Waals surface area (Å²) in [6.45, 7) is 4.11. The minimum Gasteiger partial charge on any atom is -0.364 e. The van der Waals surface area contributed by atoms with Gasteiger partial charge in [-0.1, -0.05) is 0 Å². The smallest absolute Gasteiger partial charge is 0.293 e. The molecule has 0 aliphatic heterocycles. The van der Waals surface area contributed by atoms with Gasteiger partial charge in [-0.2, -0.15) is 0 Å². The van der Waals surface area contributed by atoms with Gasteiger partial charge in [0, 0.05) is 32.0 Å². The van der Waals surface area contributed by atoms with E-state index in [1.807, 2.05) is 14.0 Å². The third-order valence-corrected chi connectivity index (χ3v) is 1.92. The van der Waals surface area contributed by atoms with E-state index in [2.05, 4.69) is 15.6 Å². The molecule has 1 rings (SSSR count). The van der Waals surface area contributed by atoms with Crippen molar-refractivity contribution in [2.45, 2.75) is 13.5 Å². The van der Waals surface area contributed by atoms with E-state index >= 15 is 0 Å². The van der Waals surface area contributed by atoms with Gasteiger partial charge < -0.3 is 15.2 Å². The van der Waals surface area contributed by atoms with Gasteiger partial charge in [0.05, 0.1) is 0 Å². The van der Waals surface area contributed by atoms with Crippen LogP contribution in [0.5, 0.6) is 0 Å². The van der Waals surface area contributed by atoms with Crippen molar-refractivity contribution in [3.63, 3.8) is 0 Å². The van der Waals surface area contributed by atoms with E-state index in [0.29, 0.717) is 18.9 Å². The molecule has 1 aromatic rings. The van der Waals surface area contributed by atoms with Crippen LogP contribution in [-0.4, -0.2) is 29.7 Å². The number of aromatic nitrogens is 2. The monoisotopic (exact) mass is 196 g/mol. The Labute approximate surface area is 83.2 Å². The van der Waals surface area contributed by atoms with E-state index in [1.54, 1.807) is 17.0 Å². The zero-order valence-electron chi connectivity index (χ0n) is 8.58. The summed E-state index contributed by atoms with van der Waals surface area (Å²) in [5.74, 6) is 0.421.